The predicted molar refractivity (Wildman–Crippen MR) is 134 cm³/mol. The molecular weight excluding hydrogens is 434 g/mol. The van der Waals surface area contributed by atoms with Gasteiger partial charge in [0.15, 0.2) is 0 Å². The number of nitrogens with one attached hydrogen (secondary N) is 2. The Morgan fingerprint density at radius 2 is 1.71 bits per heavy atom. The molecule has 3 N–H and O–H groups in total. The fraction of sp³-hybridized carbons (Fsp3) is 0.654. The van der Waals surface area contributed by atoms with E-state index >= 15 is 0 Å². The van der Waals surface area contributed by atoms with Crippen LogP contribution in [0.1, 0.15) is 91.8 Å². The van der Waals surface area contributed by atoms with Gasteiger partial charge in [0, 0.05) is 12.1 Å². The number of nitrogens with zero attached hydrogens (tertiary/aromatic N) is 1. The number of phenols is 1. The summed E-state index contributed by atoms with van der Waals surface area (Å²) >= 11 is 0. The van der Waals surface area contributed by atoms with E-state index in [1.54, 1.807) is 46.8 Å². The molecule has 8 heteroatoms. The maximum absolute atomic E-state index is 13.7. The summed E-state index contributed by atoms with van der Waals surface area (Å²) in [7, 11) is 0. The average molecular weight is 478 g/mol. The number of aromatic hydroxyl groups is 1. The van der Waals surface area contributed by atoms with Crippen LogP contribution >= 0.6 is 0 Å². The van der Waals surface area contributed by atoms with Crippen LogP contribution in [0, 0.1) is 6.92 Å². The molecule has 0 heterocycles. The largest absolute Gasteiger partial charge is 0.508 e. The van der Waals surface area contributed by atoms with Gasteiger partial charge in [0.1, 0.15) is 23.4 Å². The number of rotatable bonds is 9. The minimum atomic E-state index is -0.948. The monoisotopic (exact) mass is 477 g/mol. The van der Waals surface area contributed by atoms with Gasteiger partial charge >= 0.3 is 6.09 Å². The van der Waals surface area contributed by atoms with E-state index < -0.39 is 35.2 Å². The summed E-state index contributed by atoms with van der Waals surface area (Å²) in [4.78, 5) is 40.9. The van der Waals surface area contributed by atoms with E-state index in [4.69, 9.17) is 4.74 Å². The molecule has 0 aromatic heterocycles. The zero-order valence-electron chi connectivity index (χ0n) is 22.2. The summed E-state index contributed by atoms with van der Waals surface area (Å²) in [6, 6.07) is 3.01. The molecule has 2 unspecified atom stereocenters. The third kappa shape index (κ3) is 8.88. The van der Waals surface area contributed by atoms with E-state index in [1.165, 1.54) is 11.0 Å². The average Bonchev–Trinajstić information content (AvgIpc) is 2.68. The van der Waals surface area contributed by atoms with Crippen molar-refractivity contribution in [3.63, 3.8) is 0 Å². The first-order chi connectivity index (χ1) is 15.6. The highest BCUT2D eigenvalue weighted by molar-refractivity contribution is 5.92. The van der Waals surface area contributed by atoms with Crippen LogP contribution in [0.25, 0.3) is 0 Å². The lowest BCUT2D eigenvalue weighted by Crippen LogP contribution is -2.58. The summed E-state index contributed by atoms with van der Waals surface area (Å²) in [5, 5.41) is 15.6. The molecular formula is C26H43N3O5. The Kier molecular flexibility index (Phi) is 10.4. The Balaban J connectivity index is 3.36. The van der Waals surface area contributed by atoms with E-state index in [2.05, 4.69) is 17.6 Å². The molecule has 1 rings (SSSR count). The molecule has 0 aliphatic heterocycles. The smallest absolute Gasteiger partial charge is 0.408 e. The van der Waals surface area contributed by atoms with Gasteiger partial charge in [-0.05, 0) is 85.1 Å². The van der Waals surface area contributed by atoms with Crippen LogP contribution in [-0.2, 0) is 14.3 Å². The Morgan fingerprint density at radius 1 is 1.09 bits per heavy atom. The van der Waals surface area contributed by atoms with E-state index in [9.17, 15) is 19.5 Å². The predicted octanol–water partition coefficient (Wildman–Crippen LogP) is 4.59. The number of aryl methyl sites for hydroxylation is 1. The van der Waals surface area contributed by atoms with Gasteiger partial charge in [0.2, 0.25) is 11.8 Å². The minimum absolute atomic E-state index is 0.111. The molecule has 3 amide bonds. The molecule has 0 saturated heterocycles. The number of alkyl carbamates (subject to hydrolysis) is 1. The first kappa shape index (κ1) is 29.3. The van der Waals surface area contributed by atoms with Gasteiger partial charge in [0.05, 0.1) is 0 Å². The fourth-order valence-corrected chi connectivity index (χ4v) is 3.55. The molecule has 2 atom stereocenters. The van der Waals surface area contributed by atoms with Gasteiger partial charge in [-0.1, -0.05) is 25.8 Å². The normalized spacial score (nSPS) is 13.6. The third-order valence-electron chi connectivity index (χ3n) is 5.19. The Hall–Kier alpha value is -2.77. The van der Waals surface area contributed by atoms with Crippen molar-refractivity contribution in [3.05, 3.63) is 29.3 Å². The number of phenolic OH excluding ortho intramolecular Hbond substituents is 1. The Bertz CT molecular complexity index is 855. The van der Waals surface area contributed by atoms with E-state index in [1.807, 2.05) is 20.8 Å². The van der Waals surface area contributed by atoms with Gasteiger partial charge in [-0.25, -0.2) is 4.79 Å². The van der Waals surface area contributed by atoms with Crippen molar-refractivity contribution >= 4 is 17.9 Å². The van der Waals surface area contributed by atoms with Gasteiger partial charge in [-0.2, -0.15) is 0 Å². The summed E-state index contributed by atoms with van der Waals surface area (Å²) in [6.07, 6.45) is 2.14. The number of carbonyl (C=O) groups is 3. The van der Waals surface area contributed by atoms with Crippen molar-refractivity contribution in [2.75, 3.05) is 6.54 Å². The number of unbranched alkanes of at least 4 members (excludes halogenated alkanes) is 2. The number of hydrogen-bond acceptors (Lipinski definition) is 5. The first-order valence-electron chi connectivity index (χ1n) is 12.0. The first-order valence-corrected chi connectivity index (χ1v) is 12.0. The molecule has 192 valence electrons. The topological polar surface area (TPSA) is 108 Å². The van der Waals surface area contributed by atoms with Crippen LogP contribution in [-0.4, -0.2) is 51.6 Å². The molecule has 0 spiro atoms. The molecule has 1 aromatic rings. The lowest BCUT2D eigenvalue weighted by Gasteiger charge is -2.42. The van der Waals surface area contributed by atoms with Crippen molar-refractivity contribution in [3.8, 4) is 5.75 Å². The highest BCUT2D eigenvalue weighted by Gasteiger charge is 2.40. The lowest BCUT2D eigenvalue weighted by atomic mass is 9.94. The Labute approximate surface area is 204 Å². The summed E-state index contributed by atoms with van der Waals surface area (Å²) < 4.78 is 5.29. The van der Waals surface area contributed by atoms with E-state index in [-0.39, 0.29) is 11.7 Å². The van der Waals surface area contributed by atoms with Gasteiger partial charge in [-0.15, -0.1) is 0 Å². The second kappa shape index (κ2) is 12.1. The fourth-order valence-electron chi connectivity index (χ4n) is 3.55. The van der Waals surface area contributed by atoms with Crippen molar-refractivity contribution in [1.82, 2.24) is 15.5 Å². The quantitative estimate of drug-likeness (QED) is 0.451. The molecule has 0 aliphatic carbocycles. The van der Waals surface area contributed by atoms with Crippen LogP contribution in [0.15, 0.2) is 18.2 Å². The number of ether oxygens (including phenoxy) is 1. The SMILES string of the molecule is CCCCCNC(=O)C(c1ccc(O)c(C)c1)N(C(=O)C(C)NC(=O)OC(C)(C)C)C(C)(C)C. The van der Waals surface area contributed by atoms with Crippen molar-refractivity contribution < 1.29 is 24.2 Å². The molecule has 0 aliphatic rings. The number of hydrogen-bond donors (Lipinski definition) is 3. The summed E-state index contributed by atoms with van der Waals surface area (Å²) in [5.74, 6) is -0.619. The van der Waals surface area contributed by atoms with E-state index in [0.29, 0.717) is 17.7 Å². The zero-order chi connectivity index (χ0) is 26.3. The molecule has 0 fully saturated rings. The summed E-state index contributed by atoms with van der Waals surface area (Å²) in [6.45, 7) is 16.7. The standard InChI is InChI=1S/C26H43N3O5/c1-10-11-12-15-27-22(31)21(19-13-14-20(30)17(2)16-19)29(25(4,5)6)23(32)18(3)28-24(33)34-26(7,8)9/h13-14,16,18,21,30H,10-12,15H2,1-9H3,(H,27,31)(H,28,33). The minimum Gasteiger partial charge on any atom is -0.508 e. The van der Waals surface area contributed by atoms with Crippen LogP contribution in [0.5, 0.6) is 5.75 Å². The molecule has 0 radical (unpaired) electrons. The lowest BCUT2D eigenvalue weighted by molar-refractivity contribution is -0.148. The third-order valence-corrected chi connectivity index (χ3v) is 5.19. The molecule has 0 saturated carbocycles. The molecule has 1 aromatic carbocycles. The number of carbonyl (C=O) groups excluding carboxylic acids is 3. The number of amides is 3. The zero-order valence-corrected chi connectivity index (χ0v) is 22.2. The second-order valence-electron chi connectivity index (χ2n) is 10.7. The van der Waals surface area contributed by atoms with Gasteiger partial charge in [0.25, 0.3) is 0 Å². The van der Waals surface area contributed by atoms with Crippen molar-refractivity contribution in [2.24, 2.45) is 0 Å². The van der Waals surface area contributed by atoms with Crippen molar-refractivity contribution in [2.45, 2.75) is 105 Å². The van der Waals surface area contributed by atoms with Gasteiger partial charge < -0.3 is 25.4 Å². The Morgan fingerprint density at radius 3 is 2.21 bits per heavy atom. The van der Waals surface area contributed by atoms with Crippen LogP contribution < -0.4 is 10.6 Å². The highest BCUT2D eigenvalue weighted by atomic mass is 16.6. The molecule has 8 nitrogen and oxygen atoms in total. The van der Waals surface area contributed by atoms with Gasteiger partial charge in [-0.3, -0.25) is 9.59 Å². The van der Waals surface area contributed by atoms with Crippen LogP contribution in [0.3, 0.4) is 0 Å². The van der Waals surface area contributed by atoms with Crippen LogP contribution in [0.4, 0.5) is 4.79 Å². The maximum Gasteiger partial charge on any atom is 0.408 e. The van der Waals surface area contributed by atoms with E-state index in [0.717, 1.165) is 19.3 Å². The molecule has 34 heavy (non-hydrogen) atoms. The van der Waals surface area contributed by atoms with Crippen molar-refractivity contribution in [1.29, 1.82) is 0 Å². The maximum atomic E-state index is 13.7. The summed E-state index contributed by atoms with van der Waals surface area (Å²) in [5.41, 5.74) is -0.280. The van der Waals surface area contributed by atoms with Crippen LogP contribution in [0.2, 0.25) is 0 Å². The second-order valence-corrected chi connectivity index (χ2v) is 10.7. The number of benzene rings is 1. The highest BCUT2D eigenvalue weighted by Crippen LogP contribution is 2.32. The molecule has 0 bridgehead atoms.